The summed E-state index contributed by atoms with van der Waals surface area (Å²) in [5.41, 5.74) is 3.39. The quantitative estimate of drug-likeness (QED) is 0.300. The fraction of sp³-hybridized carbons (Fsp3) is 0.207. The van der Waals surface area contributed by atoms with Crippen LogP contribution in [0, 0.1) is 5.82 Å². The van der Waals surface area contributed by atoms with Crippen LogP contribution in [-0.4, -0.2) is 33.9 Å². The van der Waals surface area contributed by atoms with Crippen molar-refractivity contribution in [3.8, 4) is 11.5 Å². The Morgan fingerprint density at radius 3 is 2.50 bits per heavy atom. The van der Waals surface area contributed by atoms with Crippen molar-refractivity contribution in [3.63, 3.8) is 0 Å². The third kappa shape index (κ3) is 5.08. The highest BCUT2D eigenvalue weighted by Gasteiger charge is 2.36. The van der Waals surface area contributed by atoms with E-state index in [9.17, 15) is 9.18 Å². The maximum atomic E-state index is 13.4. The monoisotopic (exact) mass is 514 g/mol. The fourth-order valence-electron chi connectivity index (χ4n) is 4.35. The minimum absolute atomic E-state index is 0.224. The summed E-state index contributed by atoms with van der Waals surface area (Å²) in [6, 6.07) is 20.6. The molecule has 1 aliphatic heterocycles. The molecule has 0 bridgehead atoms. The first-order valence-corrected chi connectivity index (χ1v) is 12.4. The molecule has 8 nitrogen and oxygen atoms in total. The SMILES string of the molecule is CCOC(=O)C1=C(c2ccccc2)Nc2ncnn2[C@H]1c1ccc(OCc2ccc(F)cc2)c(OCC)c1. The average molecular weight is 515 g/mol. The van der Waals surface area contributed by atoms with Crippen molar-refractivity contribution in [2.24, 2.45) is 0 Å². The van der Waals surface area contributed by atoms with Gasteiger partial charge >= 0.3 is 5.97 Å². The summed E-state index contributed by atoms with van der Waals surface area (Å²) in [4.78, 5) is 17.8. The van der Waals surface area contributed by atoms with Gasteiger partial charge in [-0.15, -0.1) is 0 Å². The molecule has 3 aromatic carbocycles. The first-order chi connectivity index (χ1) is 18.6. The highest BCUT2D eigenvalue weighted by molar-refractivity contribution is 6.02. The van der Waals surface area contributed by atoms with Crippen LogP contribution in [0.1, 0.15) is 36.6 Å². The molecule has 2 heterocycles. The maximum absolute atomic E-state index is 13.4. The van der Waals surface area contributed by atoms with Crippen LogP contribution in [0.2, 0.25) is 0 Å². The summed E-state index contributed by atoms with van der Waals surface area (Å²) in [6.07, 6.45) is 1.44. The molecule has 5 rings (SSSR count). The van der Waals surface area contributed by atoms with Crippen molar-refractivity contribution in [2.45, 2.75) is 26.5 Å². The van der Waals surface area contributed by atoms with Gasteiger partial charge in [0, 0.05) is 0 Å². The molecular formula is C29H27FN4O4. The Kier molecular flexibility index (Phi) is 7.35. The molecule has 0 aliphatic carbocycles. The van der Waals surface area contributed by atoms with Crippen molar-refractivity contribution in [3.05, 3.63) is 107 Å². The predicted molar refractivity (Wildman–Crippen MR) is 140 cm³/mol. The number of hydrogen-bond donors (Lipinski definition) is 1. The zero-order chi connectivity index (χ0) is 26.5. The molecule has 0 saturated carbocycles. The van der Waals surface area contributed by atoms with E-state index < -0.39 is 12.0 Å². The number of hydrogen-bond acceptors (Lipinski definition) is 7. The molecule has 0 radical (unpaired) electrons. The van der Waals surface area contributed by atoms with Gasteiger partial charge in [0.15, 0.2) is 11.5 Å². The second-order valence-electron chi connectivity index (χ2n) is 8.49. The predicted octanol–water partition coefficient (Wildman–Crippen LogP) is 5.38. The lowest BCUT2D eigenvalue weighted by Crippen LogP contribution is -2.30. The van der Waals surface area contributed by atoms with Crippen molar-refractivity contribution >= 4 is 17.6 Å². The Morgan fingerprint density at radius 1 is 0.974 bits per heavy atom. The molecule has 0 unspecified atom stereocenters. The van der Waals surface area contributed by atoms with Crippen LogP contribution < -0.4 is 14.8 Å². The Labute approximate surface area is 219 Å². The van der Waals surface area contributed by atoms with Gasteiger partial charge in [-0.2, -0.15) is 10.1 Å². The van der Waals surface area contributed by atoms with E-state index in [1.54, 1.807) is 29.8 Å². The number of rotatable bonds is 9. The Hall–Kier alpha value is -4.66. The van der Waals surface area contributed by atoms with E-state index in [2.05, 4.69) is 15.4 Å². The topological polar surface area (TPSA) is 87.5 Å². The standard InChI is InChI=1S/C29H27FN4O4/c1-3-36-24-16-21(12-15-23(24)38-17-19-10-13-22(30)14-11-19)27-25(28(35)37-4-2)26(20-8-6-5-7-9-20)33-29-31-18-32-34(27)29/h5-16,18,27H,3-4,17H2,1-2H3,(H,31,32,33)/t27-/m0/s1. The van der Waals surface area contributed by atoms with E-state index in [0.29, 0.717) is 35.3 Å². The van der Waals surface area contributed by atoms with Gasteiger partial charge in [0.1, 0.15) is 24.8 Å². The summed E-state index contributed by atoms with van der Waals surface area (Å²) in [5, 5.41) is 7.68. The van der Waals surface area contributed by atoms with Crippen LogP contribution in [0.4, 0.5) is 10.3 Å². The number of fused-ring (bicyclic) bond motifs is 1. The number of anilines is 1. The minimum Gasteiger partial charge on any atom is -0.490 e. The van der Waals surface area contributed by atoms with Gasteiger partial charge in [-0.25, -0.2) is 13.9 Å². The van der Waals surface area contributed by atoms with Gasteiger partial charge in [0.2, 0.25) is 5.95 Å². The lowest BCUT2D eigenvalue weighted by molar-refractivity contribution is -0.138. The minimum atomic E-state index is -0.631. The van der Waals surface area contributed by atoms with E-state index >= 15 is 0 Å². The number of aromatic nitrogens is 3. The van der Waals surface area contributed by atoms with Crippen LogP contribution in [0.25, 0.3) is 5.70 Å². The zero-order valence-electron chi connectivity index (χ0n) is 21.1. The molecule has 38 heavy (non-hydrogen) atoms. The number of nitrogens with one attached hydrogen (secondary N) is 1. The number of benzene rings is 3. The van der Waals surface area contributed by atoms with E-state index in [-0.39, 0.29) is 19.0 Å². The number of carbonyl (C=O) groups excluding carboxylic acids is 1. The molecule has 1 N–H and O–H groups in total. The third-order valence-corrected chi connectivity index (χ3v) is 6.05. The normalized spacial score (nSPS) is 14.4. The van der Waals surface area contributed by atoms with Crippen molar-refractivity contribution in [1.82, 2.24) is 14.8 Å². The van der Waals surface area contributed by atoms with Gasteiger partial charge < -0.3 is 19.5 Å². The first kappa shape index (κ1) is 25.0. The van der Waals surface area contributed by atoms with Gasteiger partial charge in [0.05, 0.1) is 24.5 Å². The van der Waals surface area contributed by atoms with Crippen LogP contribution in [0.3, 0.4) is 0 Å². The summed E-state index contributed by atoms with van der Waals surface area (Å²) < 4.78 is 32.4. The number of carbonyl (C=O) groups is 1. The number of ether oxygens (including phenoxy) is 3. The van der Waals surface area contributed by atoms with Crippen molar-refractivity contribution in [1.29, 1.82) is 0 Å². The molecule has 4 aromatic rings. The lowest BCUT2D eigenvalue weighted by atomic mass is 9.92. The van der Waals surface area contributed by atoms with Crippen molar-refractivity contribution < 1.29 is 23.4 Å². The molecular weight excluding hydrogens is 487 g/mol. The molecule has 194 valence electrons. The first-order valence-electron chi connectivity index (χ1n) is 12.4. The second-order valence-corrected chi connectivity index (χ2v) is 8.49. The Morgan fingerprint density at radius 2 is 1.76 bits per heavy atom. The van der Waals surface area contributed by atoms with E-state index in [1.165, 1.54) is 18.5 Å². The Balaban J connectivity index is 1.58. The lowest BCUT2D eigenvalue weighted by Gasteiger charge is -2.30. The number of esters is 1. The smallest absolute Gasteiger partial charge is 0.338 e. The molecule has 0 amide bonds. The molecule has 0 spiro atoms. The van der Waals surface area contributed by atoms with Crippen molar-refractivity contribution in [2.75, 3.05) is 18.5 Å². The number of nitrogens with zero attached hydrogens (tertiary/aromatic N) is 3. The highest BCUT2D eigenvalue weighted by Crippen LogP contribution is 2.41. The third-order valence-electron chi connectivity index (χ3n) is 6.05. The summed E-state index contributed by atoms with van der Waals surface area (Å²) in [6.45, 7) is 4.53. The number of halogens is 1. The van der Waals surface area contributed by atoms with E-state index in [1.807, 2.05) is 49.4 Å². The van der Waals surface area contributed by atoms with Gasteiger partial charge in [-0.1, -0.05) is 48.5 Å². The summed E-state index contributed by atoms with van der Waals surface area (Å²) in [7, 11) is 0. The van der Waals surface area contributed by atoms with E-state index in [4.69, 9.17) is 14.2 Å². The maximum Gasteiger partial charge on any atom is 0.338 e. The van der Waals surface area contributed by atoms with Gasteiger partial charge in [-0.3, -0.25) is 0 Å². The molecule has 0 fully saturated rings. The zero-order valence-corrected chi connectivity index (χ0v) is 21.1. The highest BCUT2D eigenvalue weighted by atomic mass is 19.1. The molecule has 1 aliphatic rings. The fourth-order valence-corrected chi connectivity index (χ4v) is 4.35. The Bertz CT molecular complexity index is 1450. The summed E-state index contributed by atoms with van der Waals surface area (Å²) in [5.74, 6) is 0.772. The molecule has 0 saturated heterocycles. The van der Waals surface area contributed by atoms with E-state index in [0.717, 1.165) is 16.7 Å². The second kappa shape index (κ2) is 11.2. The largest absolute Gasteiger partial charge is 0.490 e. The summed E-state index contributed by atoms with van der Waals surface area (Å²) >= 11 is 0. The average Bonchev–Trinajstić information content (AvgIpc) is 3.41. The van der Waals surface area contributed by atoms with Gasteiger partial charge in [-0.05, 0) is 54.8 Å². The van der Waals surface area contributed by atoms with Crippen LogP contribution >= 0.6 is 0 Å². The van der Waals surface area contributed by atoms with Crippen LogP contribution in [0.15, 0.2) is 84.7 Å². The van der Waals surface area contributed by atoms with Crippen LogP contribution in [0.5, 0.6) is 11.5 Å². The van der Waals surface area contributed by atoms with Gasteiger partial charge in [0.25, 0.3) is 0 Å². The molecule has 1 aromatic heterocycles. The molecule has 1 atom stereocenters. The van der Waals surface area contributed by atoms with Crippen LogP contribution in [-0.2, 0) is 16.1 Å². The molecule has 9 heteroatoms.